The first kappa shape index (κ1) is 12.9. The Morgan fingerprint density at radius 2 is 2.05 bits per heavy atom. The maximum atomic E-state index is 10.6. The Balaban J connectivity index is 2.68. The number of aromatic nitrogens is 1. The molecule has 2 rings (SSSR count). The predicted molar refractivity (Wildman–Crippen MR) is 71.5 cm³/mol. The number of benzene rings is 1. The normalized spacial score (nSPS) is 10.8. The van der Waals surface area contributed by atoms with Crippen LogP contribution in [-0.2, 0) is 4.79 Å². The predicted octanol–water partition coefficient (Wildman–Crippen LogP) is 2.35. The molecule has 0 aliphatic rings. The van der Waals surface area contributed by atoms with Gasteiger partial charge in [0.1, 0.15) is 11.5 Å². The van der Waals surface area contributed by atoms with Crippen molar-refractivity contribution >= 4 is 22.8 Å². The van der Waals surface area contributed by atoms with E-state index in [-0.39, 0.29) is 0 Å². The van der Waals surface area contributed by atoms with Gasteiger partial charge < -0.3 is 14.6 Å². The molecule has 5 nitrogen and oxygen atoms in total. The maximum absolute atomic E-state index is 10.6. The number of nitrogens with zero attached hydrogens (tertiary/aromatic N) is 1. The molecule has 0 radical (unpaired) electrons. The van der Waals surface area contributed by atoms with E-state index in [4.69, 9.17) is 14.6 Å². The van der Waals surface area contributed by atoms with Crippen LogP contribution in [0.3, 0.4) is 0 Å². The summed E-state index contributed by atoms with van der Waals surface area (Å²) in [6, 6.07) is 5.38. The molecule has 0 unspecified atom stereocenters. The average molecular weight is 259 g/mol. The third-order valence-corrected chi connectivity index (χ3v) is 2.69. The molecule has 0 atom stereocenters. The molecule has 1 N–H and O–H groups in total. The molecule has 5 heteroatoms. The van der Waals surface area contributed by atoms with Gasteiger partial charge in [0.2, 0.25) is 0 Å². The highest BCUT2D eigenvalue weighted by molar-refractivity contribution is 5.96. The van der Waals surface area contributed by atoms with E-state index in [0.717, 1.165) is 16.8 Å². The second kappa shape index (κ2) is 5.39. The lowest BCUT2D eigenvalue weighted by molar-refractivity contribution is -0.131. The van der Waals surface area contributed by atoms with Gasteiger partial charge in [0, 0.05) is 29.1 Å². The van der Waals surface area contributed by atoms with Crippen LogP contribution in [0.25, 0.3) is 16.8 Å². The molecule has 98 valence electrons. The molecular weight excluding hydrogens is 246 g/mol. The van der Waals surface area contributed by atoms with Crippen molar-refractivity contribution in [1.82, 2.24) is 4.98 Å². The van der Waals surface area contributed by atoms with Crippen LogP contribution in [0.1, 0.15) is 5.69 Å². The van der Waals surface area contributed by atoms with E-state index in [1.807, 2.05) is 6.07 Å². The van der Waals surface area contributed by atoms with Gasteiger partial charge in [0.25, 0.3) is 0 Å². The van der Waals surface area contributed by atoms with Gasteiger partial charge in [-0.2, -0.15) is 0 Å². The van der Waals surface area contributed by atoms with E-state index in [1.54, 1.807) is 32.5 Å². The Kier molecular flexibility index (Phi) is 3.66. The highest BCUT2D eigenvalue weighted by atomic mass is 16.5. The molecule has 0 saturated heterocycles. The van der Waals surface area contributed by atoms with Crippen molar-refractivity contribution in [3.63, 3.8) is 0 Å². The number of fused-ring (bicyclic) bond motifs is 1. The number of carboxylic acid groups (broad SMARTS) is 1. The summed E-state index contributed by atoms with van der Waals surface area (Å²) in [5.41, 5.74) is 0.553. The minimum Gasteiger partial charge on any atom is -0.497 e. The fraction of sp³-hybridized carbons (Fsp3) is 0.143. The van der Waals surface area contributed by atoms with Crippen LogP contribution < -0.4 is 9.47 Å². The minimum absolute atomic E-state index is 0.553. The van der Waals surface area contributed by atoms with E-state index in [1.165, 1.54) is 6.08 Å². The SMILES string of the molecule is COc1cc(OC)c2ccnc(/C=C/C(=O)O)c2c1. The van der Waals surface area contributed by atoms with Crippen LogP contribution >= 0.6 is 0 Å². The third-order valence-electron chi connectivity index (χ3n) is 2.69. The summed E-state index contributed by atoms with van der Waals surface area (Å²) < 4.78 is 10.5. The first-order valence-corrected chi connectivity index (χ1v) is 5.57. The van der Waals surface area contributed by atoms with Crippen molar-refractivity contribution in [3.8, 4) is 11.5 Å². The monoisotopic (exact) mass is 259 g/mol. The van der Waals surface area contributed by atoms with E-state index < -0.39 is 5.97 Å². The van der Waals surface area contributed by atoms with Gasteiger partial charge in [-0.3, -0.25) is 4.98 Å². The molecular formula is C14H13NO4. The number of ether oxygens (including phenoxy) is 2. The largest absolute Gasteiger partial charge is 0.497 e. The van der Waals surface area contributed by atoms with Gasteiger partial charge in [-0.15, -0.1) is 0 Å². The van der Waals surface area contributed by atoms with Crippen LogP contribution in [-0.4, -0.2) is 30.3 Å². The molecule has 2 aromatic rings. The fourth-order valence-corrected chi connectivity index (χ4v) is 1.82. The average Bonchev–Trinajstić information content (AvgIpc) is 2.43. The third kappa shape index (κ3) is 2.65. The quantitative estimate of drug-likeness (QED) is 0.853. The van der Waals surface area contributed by atoms with Gasteiger partial charge in [-0.25, -0.2) is 4.79 Å². The van der Waals surface area contributed by atoms with Gasteiger partial charge in [-0.05, 0) is 18.2 Å². The van der Waals surface area contributed by atoms with Crippen LogP contribution in [0.2, 0.25) is 0 Å². The van der Waals surface area contributed by atoms with Crippen LogP contribution in [0.4, 0.5) is 0 Å². The van der Waals surface area contributed by atoms with Crippen molar-refractivity contribution in [2.45, 2.75) is 0 Å². The number of carbonyl (C=O) groups is 1. The number of hydrogen-bond donors (Lipinski definition) is 1. The topological polar surface area (TPSA) is 68.7 Å². The Morgan fingerprint density at radius 1 is 1.26 bits per heavy atom. The van der Waals surface area contributed by atoms with Crippen molar-refractivity contribution in [1.29, 1.82) is 0 Å². The molecule has 0 amide bonds. The van der Waals surface area contributed by atoms with Gasteiger partial charge in [0.05, 0.1) is 19.9 Å². The Hall–Kier alpha value is -2.56. The second-order valence-corrected chi connectivity index (χ2v) is 3.79. The van der Waals surface area contributed by atoms with Crippen LogP contribution in [0.15, 0.2) is 30.5 Å². The highest BCUT2D eigenvalue weighted by Gasteiger charge is 2.08. The molecule has 0 bridgehead atoms. The molecule has 0 saturated carbocycles. The number of aliphatic carboxylic acids is 1. The minimum atomic E-state index is -1.02. The standard InChI is InChI=1S/C14H13NO4/c1-18-9-7-11-10(13(8-9)19-2)5-6-15-12(11)3-4-14(16)17/h3-8H,1-2H3,(H,16,17)/b4-3+. The number of carboxylic acids is 1. The number of methoxy groups -OCH3 is 2. The molecule has 19 heavy (non-hydrogen) atoms. The molecule has 0 fully saturated rings. The summed E-state index contributed by atoms with van der Waals surface area (Å²) in [5.74, 6) is 0.262. The van der Waals surface area contributed by atoms with Crippen molar-refractivity contribution < 1.29 is 19.4 Å². The second-order valence-electron chi connectivity index (χ2n) is 3.79. The zero-order valence-corrected chi connectivity index (χ0v) is 10.6. The number of hydrogen-bond acceptors (Lipinski definition) is 4. The fourth-order valence-electron chi connectivity index (χ4n) is 1.82. The van der Waals surface area contributed by atoms with Gasteiger partial charge >= 0.3 is 5.97 Å². The molecule has 1 heterocycles. The van der Waals surface area contributed by atoms with Crippen LogP contribution in [0, 0.1) is 0 Å². The van der Waals surface area contributed by atoms with Gasteiger partial charge in [-0.1, -0.05) is 0 Å². The molecule has 0 spiro atoms. The smallest absolute Gasteiger partial charge is 0.328 e. The lowest BCUT2D eigenvalue weighted by atomic mass is 10.1. The number of rotatable bonds is 4. The highest BCUT2D eigenvalue weighted by Crippen LogP contribution is 2.32. The summed E-state index contributed by atoms with van der Waals surface area (Å²) in [6.07, 6.45) is 4.11. The summed E-state index contributed by atoms with van der Waals surface area (Å²) >= 11 is 0. The van der Waals surface area contributed by atoms with E-state index in [0.29, 0.717) is 17.2 Å². The van der Waals surface area contributed by atoms with E-state index in [9.17, 15) is 4.79 Å². The maximum Gasteiger partial charge on any atom is 0.328 e. The molecule has 0 aliphatic carbocycles. The van der Waals surface area contributed by atoms with E-state index >= 15 is 0 Å². The first-order valence-electron chi connectivity index (χ1n) is 5.57. The lowest BCUT2D eigenvalue weighted by Crippen LogP contribution is -1.92. The molecule has 1 aromatic heterocycles. The summed E-state index contributed by atoms with van der Waals surface area (Å²) in [7, 11) is 3.13. The Bertz CT molecular complexity index is 649. The summed E-state index contributed by atoms with van der Waals surface area (Å²) in [6.45, 7) is 0. The summed E-state index contributed by atoms with van der Waals surface area (Å²) in [5, 5.41) is 10.3. The number of pyridine rings is 1. The Morgan fingerprint density at radius 3 is 2.68 bits per heavy atom. The molecule has 1 aromatic carbocycles. The van der Waals surface area contributed by atoms with Crippen molar-refractivity contribution in [2.24, 2.45) is 0 Å². The first-order chi connectivity index (χ1) is 9.15. The van der Waals surface area contributed by atoms with Crippen molar-refractivity contribution in [3.05, 3.63) is 36.2 Å². The van der Waals surface area contributed by atoms with Crippen molar-refractivity contribution in [2.75, 3.05) is 14.2 Å². The lowest BCUT2D eigenvalue weighted by Gasteiger charge is -2.09. The van der Waals surface area contributed by atoms with E-state index in [2.05, 4.69) is 4.98 Å². The summed E-state index contributed by atoms with van der Waals surface area (Å²) in [4.78, 5) is 14.8. The van der Waals surface area contributed by atoms with Gasteiger partial charge in [0.15, 0.2) is 0 Å². The van der Waals surface area contributed by atoms with Crippen LogP contribution in [0.5, 0.6) is 11.5 Å². The zero-order valence-electron chi connectivity index (χ0n) is 10.6. The Labute approximate surface area is 110 Å². The zero-order chi connectivity index (χ0) is 13.8. The molecule has 0 aliphatic heterocycles.